The molecule has 0 aliphatic heterocycles. The van der Waals surface area contributed by atoms with Crippen LogP contribution in [0.2, 0.25) is 0 Å². The van der Waals surface area contributed by atoms with Crippen LogP contribution in [0.1, 0.15) is 36.0 Å². The van der Waals surface area contributed by atoms with Crippen molar-refractivity contribution < 1.29 is 4.74 Å². The van der Waals surface area contributed by atoms with E-state index in [0.717, 1.165) is 12.2 Å². The van der Waals surface area contributed by atoms with E-state index in [1.54, 1.807) is 7.11 Å². The summed E-state index contributed by atoms with van der Waals surface area (Å²) in [6.07, 6.45) is 0.947. The first-order chi connectivity index (χ1) is 7.51. The highest BCUT2D eigenvalue weighted by molar-refractivity contribution is 5.48. The quantitative estimate of drug-likeness (QED) is 0.758. The predicted octanol–water partition coefficient (Wildman–Crippen LogP) is 3.33. The van der Waals surface area contributed by atoms with Crippen LogP contribution in [0.25, 0.3) is 0 Å². The molecule has 1 aromatic rings. The summed E-state index contributed by atoms with van der Waals surface area (Å²) >= 11 is 0. The first kappa shape index (κ1) is 11.0. The molecule has 0 amide bonds. The Labute approximate surface area is 96.9 Å². The lowest BCUT2D eigenvalue weighted by Gasteiger charge is -2.12. The van der Waals surface area contributed by atoms with E-state index < -0.39 is 0 Å². The Kier molecular flexibility index (Phi) is 2.42. The number of hydrogen-bond acceptors (Lipinski definition) is 2. The molecule has 0 bridgehead atoms. The molecule has 0 heterocycles. The lowest BCUT2D eigenvalue weighted by atomic mass is 9.97. The first-order valence-corrected chi connectivity index (χ1v) is 5.58. The predicted molar refractivity (Wildman–Crippen MR) is 63.5 cm³/mol. The molecule has 0 N–H and O–H groups in total. The molecule has 0 aromatic heterocycles. The molecule has 0 spiro atoms. The van der Waals surface area contributed by atoms with E-state index >= 15 is 0 Å². The van der Waals surface area contributed by atoms with Crippen molar-refractivity contribution in [3.05, 3.63) is 28.8 Å². The molecule has 1 saturated carbocycles. The molecule has 16 heavy (non-hydrogen) atoms. The molecule has 2 rings (SSSR count). The van der Waals surface area contributed by atoms with Gasteiger partial charge in [-0.15, -0.1) is 0 Å². The van der Waals surface area contributed by atoms with Gasteiger partial charge >= 0.3 is 0 Å². The Morgan fingerprint density at radius 1 is 1.38 bits per heavy atom. The standard InChI is InChI=1S/C14H17NO/c1-9-5-11(12-7-14(12,3)8-15)13(16-4)6-10(9)2/h5-6,12H,7H2,1-4H3. The zero-order valence-corrected chi connectivity index (χ0v) is 10.3. The van der Waals surface area contributed by atoms with E-state index in [1.165, 1.54) is 16.7 Å². The van der Waals surface area contributed by atoms with Gasteiger partial charge in [0.15, 0.2) is 0 Å². The molecular formula is C14H17NO. The van der Waals surface area contributed by atoms with E-state index in [2.05, 4.69) is 32.0 Å². The number of rotatable bonds is 2. The van der Waals surface area contributed by atoms with Crippen LogP contribution in [0.3, 0.4) is 0 Å². The number of nitriles is 1. The zero-order chi connectivity index (χ0) is 11.9. The highest BCUT2D eigenvalue weighted by Gasteiger charge is 2.52. The van der Waals surface area contributed by atoms with Gasteiger partial charge in [-0.25, -0.2) is 0 Å². The smallest absolute Gasteiger partial charge is 0.122 e. The maximum Gasteiger partial charge on any atom is 0.122 e. The minimum absolute atomic E-state index is 0.186. The van der Waals surface area contributed by atoms with Crippen molar-refractivity contribution in [3.8, 4) is 11.8 Å². The summed E-state index contributed by atoms with van der Waals surface area (Å²) in [7, 11) is 1.69. The maximum atomic E-state index is 9.09. The minimum atomic E-state index is -0.186. The number of methoxy groups -OCH3 is 1. The first-order valence-electron chi connectivity index (χ1n) is 5.58. The van der Waals surface area contributed by atoms with Crippen molar-refractivity contribution in [1.29, 1.82) is 5.26 Å². The molecule has 2 unspecified atom stereocenters. The molecule has 0 radical (unpaired) electrons. The fraction of sp³-hybridized carbons (Fsp3) is 0.500. The van der Waals surface area contributed by atoms with E-state index in [0.29, 0.717) is 5.92 Å². The molecule has 1 fully saturated rings. The Balaban J connectivity index is 2.43. The molecule has 1 aliphatic carbocycles. The molecule has 2 atom stereocenters. The van der Waals surface area contributed by atoms with Crippen molar-refractivity contribution in [1.82, 2.24) is 0 Å². The average Bonchev–Trinajstić information content (AvgIpc) is 2.95. The lowest BCUT2D eigenvalue weighted by molar-refractivity contribution is 0.408. The van der Waals surface area contributed by atoms with Gasteiger partial charge in [0.25, 0.3) is 0 Å². The second-order valence-electron chi connectivity index (χ2n) is 4.96. The molecule has 84 valence electrons. The van der Waals surface area contributed by atoms with E-state index in [-0.39, 0.29) is 5.41 Å². The van der Waals surface area contributed by atoms with Gasteiger partial charge in [0, 0.05) is 5.92 Å². The summed E-state index contributed by atoms with van der Waals surface area (Å²) in [5, 5.41) is 9.09. The number of benzene rings is 1. The molecular weight excluding hydrogens is 198 g/mol. The van der Waals surface area contributed by atoms with Crippen LogP contribution in [0, 0.1) is 30.6 Å². The van der Waals surface area contributed by atoms with Gasteiger partial charge in [-0.1, -0.05) is 6.07 Å². The normalized spacial score (nSPS) is 27.3. The molecule has 1 aromatic carbocycles. The molecule has 0 saturated heterocycles. The van der Waals surface area contributed by atoms with Crippen molar-refractivity contribution in [3.63, 3.8) is 0 Å². The van der Waals surface area contributed by atoms with Crippen LogP contribution >= 0.6 is 0 Å². The monoisotopic (exact) mass is 215 g/mol. The summed E-state index contributed by atoms with van der Waals surface area (Å²) in [5.41, 5.74) is 3.51. The van der Waals surface area contributed by atoms with E-state index in [1.807, 2.05) is 6.92 Å². The fourth-order valence-corrected chi connectivity index (χ4v) is 2.20. The maximum absolute atomic E-state index is 9.09. The van der Waals surface area contributed by atoms with Gasteiger partial charge in [0.2, 0.25) is 0 Å². The molecule has 2 heteroatoms. The van der Waals surface area contributed by atoms with Crippen LogP contribution in [0.15, 0.2) is 12.1 Å². The fourth-order valence-electron chi connectivity index (χ4n) is 2.20. The van der Waals surface area contributed by atoms with Crippen molar-refractivity contribution >= 4 is 0 Å². The Hall–Kier alpha value is -1.49. The number of hydrogen-bond donors (Lipinski definition) is 0. The van der Waals surface area contributed by atoms with Gasteiger partial charge in [0.1, 0.15) is 5.75 Å². The third kappa shape index (κ3) is 1.57. The van der Waals surface area contributed by atoms with E-state index in [4.69, 9.17) is 10.00 Å². The molecule has 2 nitrogen and oxygen atoms in total. The van der Waals surface area contributed by atoms with Crippen LogP contribution in [0.5, 0.6) is 5.75 Å². The summed E-state index contributed by atoms with van der Waals surface area (Å²) in [5.74, 6) is 1.26. The van der Waals surface area contributed by atoms with Gasteiger partial charge < -0.3 is 4.74 Å². The zero-order valence-electron chi connectivity index (χ0n) is 10.3. The van der Waals surface area contributed by atoms with Gasteiger partial charge in [-0.3, -0.25) is 0 Å². The highest BCUT2D eigenvalue weighted by Crippen LogP contribution is 2.60. The topological polar surface area (TPSA) is 33.0 Å². The Morgan fingerprint density at radius 2 is 2.00 bits per heavy atom. The number of ether oxygens (including phenoxy) is 1. The van der Waals surface area contributed by atoms with Crippen LogP contribution in [0.4, 0.5) is 0 Å². The van der Waals surface area contributed by atoms with Crippen molar-refractivity contribution in [2.75, 3.05) is 7.11 Å². The molecule has 1 aliphatic rings. The van der Waals surface area contributed by atoms with E-state index in [9.17, 15) is 0 Å². The van der Waals surface area contributed by atoms with Crippen molar-refractivity contribution in [2.45, 2.75) is 33.1 Å². The Morgan fingerprint density at radius 3 is 2.50 bits per heavy atom. The van der Waals surface area contributed by atoms with Crippen LogP contribution in [-0.2, 0) is 0 Å². The number of aryl methyl sites for hydroxylation is 2. The number of nitrogens with zero attached hydrogens (tertiary/aromatic N) is 1. The van der Waals surface area contributed by atoms with Gasteiger partial charge in [0.05, 0.1) is 18.6 Å². The second-order valence-corrected chi connectivity index (χ2v) is 4.96. The highest BCUT2D eigenvalue weighted by atomic mass is 16.5. The Bertz CT molecular complexity index is 472. The summed E-state index contributed by atoms with van der Waals surface area (Å²) < 4.78 is 5.41. The largest absolute Gasteiger partial charge is 0.496 e. The third-order valence-corrected chi connectivity index (χ3v) is 3.71. The summed E-state index contributed by atoms with van der Waals surface area (Å²) in [6, 6.07) is 6.63. The van der Waals surface area contributed by atoms with Gasteiger partial charge in [-0.2, -0.15) is 5.26 Å². The lowest BCUT2D eigenvalue weighted by Crippen LogP contribution is -1.98. The van der Waals surface area contributed by atoms with Crippen LogP contribution in [-0.4, -0.2) is 7.11 Å². The van der Waals surface area contributed by atoms with Gasteiger partial charge in [-0.05, 0) is 49.9 Å². The SMILES string of the molecule is COc1cc(C)c(C)cc1C1CC1(C)C#N. The summed E-state index contributed by atoms with van der Waals surface area (Å²) in [4.78, 5) is 0. The summed E-state index contributed by atoms with van der Waals surface area (Å²) in [6.45, 7) is 6.20. The average molecular weight is 215 g/mol. The minimum Gasteiger partial charge on any atom is -0.496 e. The van der Waals surface area contributed by atoms with Crippen molar-refractivity contribution in [2.24, 2.45) is 5.41 Å². The second kappa shape index (κ2) is 3.52. The third-order valence-electron chi connectivity index (χ3n) is 3.71. The van der Waals surface area contributed by atoms with Crippen LogP contribution < -0.4 is 4.74 Å².